The third-order valence-corrected chi connectivity index (χ3v) is 2.38. The van der Waals surface area contributed by atoms with Gasteiger partial charge in [-0.3, -0.25) is 4.79 Å². The van der Waals surface area contributed by atoms with Crippen LogP contribution < -0.4 is 5.73 Å². The van der Waals surface area contributed by atoms with Gasteiger partial charge in [0.05, 0.1) is 10.9 Å². The van der Waals surface area contributed by atoms with Crippen molar-refractivity contribution in [3.8, 4) is 5.75 Å². The summed E-state index contributed by atoms with van der Waals surface area (Å²) in [6, 6.07) is 3.26. The van der Waals surface area contributed by atoms with Crippen molar-refractivity contribution in [3.63, 3.8) is 0 Å². The zero-order chi connectivity index (χ0) is 10.7. The van der Waals surface area contributed by atoms with Crippen molar-refractivity contribution >= 4 is 34.3 Å². The minimum absolute atomic E-state index is 0. The Morgan fingerprint density at radius 2 is 2.07 bits per heavy atom. The second kappa shape index (κ2) is 5.95. The molecule has 4 N–H and O–H groups in total. The van der Waals surface area contributed by atoms with E-state index in [0.717, 1.165) is 5.56 Å². The Hall–Kier alpha value is -0.780. The first-order valence-electron chi connectivity index (χ1n) is 3.96. The summed E-state index contributed by atoms with van der Waals surface area (Å²) in [5.74, 6) is -1.02. The van der Waals surface area contributed by atoms with E-state index in [4.69, 9.17) is 10.8 Å². The standard InChI is InChI=1S/C9H10BrNO3.ClH/c10-7-2-5(4-11)1-6(9(7)14)3-8(12)13;/h1-2,14H,3-4,11H2,(H,12,13);1H. The maximum absolute atomic E-state index is 10.5. The number of phenolic OH excluding ortho intramolecular Hbond substituents is 1. The lowest BCUT2D eigenvalue weighted by molar-refractivity contribution is -0.136. The molecule has 1 aromatic carbocycles. The summed E-state index contributed by atoms with van der Waals surface area (Å²) in [7, 11) is 0. The molecular weight excluding hydrogens is 285 g/mol. The van der Waals surface area contributed by atoms with E-state index in [9.17, 15) is 9.90 Å². The van der Waals surface area contributed by atoms with Gasteiger partial charge in [-0.15, -0.1) is 12.4 Å². The van der Waals surface area contributed by atoms with E-state index in [1.165, 1.54) is 0 Å². The Morgan fingerprint density at radius 1 is 1.47 bits per heavy atom. The van der Waals surface area contributed by atoms with E-state index in [1.54, 1.807) is 12.1 Å². The van der Waals surface area contributed by atoms with Crippen LogP contribution in [0.15, 0.2) is 16.6 Å². The summed E-state index contributed by atoms with van der Waals surface area (Å²) in [6.07, 6.45) is -0.210. The van der Waals surface area contributed by atoms with Crippen LogP contribution in [0.2, 0.25) is 0 Å². The molecule has 0 amide bonds. The first kappa shape index (κ1) is 14.2. The molecule has 1 aromatic rings. The fraction of sp³-hybridized carbons (Fsp3) is 0.222. The van der Waals surface area contributed by atoms with E-state index in [1.807, 2.05) is 0 Å². The van der Waals surface area contributed by atoms with Crippen molar-refractivity contribution in [1.82, 2.24) is 0 Å². The van der Waals surface area contributed by atoms with Gasteiger partial charge in [0.1, 0.15) is 5.75 Å². The van der Waals surface area contributed by atoms with Crippen molar-refractivity contribution in [1.29, 1.82) is 0 Å². The molecule has 0 aliphatic carbocycles. The van der Waals surface area contributed by atoms with E-state index in [0.29, 0.717) is 16.6 Å². The highest BCUT2D eigenvalue weighted by molar-refractivity contribution is 9.10. The fourth-order valence-electron chi connectivity index (χ4n) is 1.13. The van der Waals surface area contributed by atoms with Crippen LogP contribution >= 0.6 is 28.3 Å². The number of rotatable bonds is 3. The van der Waals surface area contributed by atoms with E-state index in [2.05, 4.69) is 15.9 Å². The van der Waals surface area contributed by atoms with Gasteiger partial charge in [0.2, 0.25) is 0 Å². The molecule has 84 valence electrons. The predicted molar refractivity (Wildman–Crippen MR) is 62.3 cm³/mol. The van der Waals surface area contributed by atoms with Crippen LogP contribution in [-0.2, 0) is 17.8 Å². The average Bonchev–Trinajstić information content (AvgIpc) is 2.11. The lowest BCUT2D eigenvalue weighted by Crippen LogP contribution is -2.03. The van der Waals surface area contributed by atoms with Crippen LogP contribution in [-0.4, -0.2) is 16.2 Å². The number of benzene rings is 1. The Morgan fingerprint density at radius 3 is 2.53 bits per heavy atom. The number of hydrogen-bond acceptors (Lipinski definition) is 3. The molecule has 0 bridgehead atoms. The number of halogens is 2. The van der Waals surface area contributed by atoms with Crippen LogP contribution in [0, 0.1) is 0 Å². The SMILES string of the molecule is Cl.NCc1cc(Br)c(O)c(CC(=O)O)c1. The third-order valence-electron chi connectivity index (χ3n) is 1.78. The van der Waals surface area contributed by atoms with Crippen LogP contribution in [0.3, 0.4) is 0 Å². The highest BCUT2D eigenvalue weighted by Crippen LogP contribution is 2.29. The lowest BCUT2D eigenvalue weighted by Gasteiger charge is -2.06. The summed E-state index contributed by atoms with van der Waals surface area (Å²) in [6.45, 7) is 0.311. The van der Waals surface area contributed by atoms with E-state index in [-0.39, 0.29) is 24.6 Å². The molecule has 0 heterocycles. The molecule has 0 saturated heterocycles. The van der Waals surface area contributed by atoms with Gasteiger partial charge in [-0.25, -0.2) is 0 Å². The van der Waals surface area contributed by atoms with Crippen molar-refractivity contribution in [3.05, 3.63) is 27.7 Å². The molecule has 0 aromatic heterocycles. The minimum atomic E-state index is -0.985. The Kier molecular flexibility index (Phi) is 5.64. The minimum Gasteiger partial charge on any atom is -0.506 e. The van der Waals surface area contributed by atoms with E-state index < -0.39 is 5.97 Å². The summed E-state index contributed by atoms with van der Waals surface area (Å²) in [5.41, 5.74) is 6.57. The van der Waals surface area contributed by atoms with Gasteiger partial charge in [0.15, 0.2) is 0 Å². The van der Waals surface area contributed by atoms with Crippen molar-refractivity contribution in [2.45, 2.75) is 13.0 Å². The van der Waals surface area contributed by atoms with Crippen LogP contribution in [0.4, 0.5) is 0 Å². The molecule has 0 spiro atoms. The summed E-state index contributed by atoms with van der Waals surface area (Å²) in [4.78, 5) is 10.5. The molecule has 0 atom stereocenters. The molecule has 15 heavy (non-hydrogen) atoms. The van der Waals surface area contributed by atoms with Gasteiger partial charge >= 0.3 is 5.97 Å². The highest BCUT2D eigenvalue weighted by atomic mass is 79.9. The molecule has 0 aliphatic rings. The van der Waals surface area contributed by atoms with Crippen LogP contribution in [0.1, 0.15) is 11.1 Å². The maximum atomic E-state index is 10.5. The van der Waals surface area contributed by atoms with Crippen molar-refractivity contribution < 1.29 is 15.0 Å². The van der Waals surface area contributed by atoms with Crippen LogP contribution in [0.5, 0.6) is 5.75 Å². The molecule has 4 nitrogen and oxygen atoms in total. The molecule has 1 rings (SSSR count). The third kappa shape index (κ3) is 3.70. The second-order valence-corrected chi connectivity index (χ2v) is 3.71. The fourth-order valence-corrected chi connectivity index (χ4v) is 1.68. The van der Waals surface area contributed by atoms with Gasteiger partial charge in [0.25, 0.3) is 0 Å². The quantitative estimate of drug-likeness (QED) is 0.792. The molecule has 0 unspecified atom stereocenters. The lowest BCUT2D eigenvalue weighted by atomic mass is 10.1. The van der Waals surface area contributed by atoms with Gasteiger partial charge in [0, 0.05) is 12.1 Å². The monoisotopic (exact) mass is 295 g/mol. The van der Waals surface area contributed by atoms with Gasteiger partial charge in [-0.05, 0) is 27.6 Å². The van der Waals surface area contributed by atoms with E-state index >= 15 is 0 Å². The Balaban J connectivity index is 0.00000196. The molecular formula is C9H11BrClNO3. The van der Waals surface area contributed by atoms with Crippen molar-refractivity contribution in [2.75, 3.05) is 0 Å². The normalized spacial score (nSPS) is 9.47. The Bertz CT molecular complexity index is 371. The number of carboxylic acid groups (broad SMARTS) is 1. The number of nitrogens with two attached hydrogens (primary N) is 1. The molecule has 6 heteroatoms. The molecule has 0 fully saturated rings. The smallest absolute Gasteiger partial charge is 0.307 e. The summed E-state index contributed by atoms with van der Waals surface area (Å²) in [5, 5.41) is 18.1. The summed E-state index contributed by atoms with van der Waals surface area (Å²) < 4.78 is 0.469. The number of aliphatic carboxylic acids is 1. The Labute approximate surface area is 102 Å². The summed E-state index contributed by atoms with van der Waals surface area (Å²) >= 11 is 3.13. The van der Waals surface area contributed by atoms with Gasteiger partial charge in [-0.2, -0.15) is 0 Å². The predicted octanol–water partition coefficient (Wildman–Crippen LogP) is 1.66. The number of carboxylic acids is 1. The number of phenols is 1. The highest BCUT2D eigenvalue weighted by Gasteiger charge is 2.10. The zero-order valence-electron chi connectivity index (χ0n) is 7.74. The van der Waals surface area contributed by atoms with Crippen molar-refractivity contribution in [2.24, 2.45) is 5.73 Å². The zero-order valence-corrected chi connectivity index (χ0v) is 10.1. The number of carbonyl (C=O) groups is 1. The topological polar surface area (TPSA) is 83.5 Å². The molecule has 0 radical (unpaired) electrons. The maximum Gasteiger partial charge on any atom is 0.307 e. The largest absolute Gasteiger partial charge is 0.506 e. The molecule has 0 saturated carbocycles. The first-order valence-corrected chi connectivity index (χ1v) is 4.76. The van der Waals surface area contributed by atoms with Gasteiger partial charge in [-0.1, -0.05) is 6.07 Å². The number of hydrogen-bond donors (Lipinski definition) is 3. The number of aromatic hydroxyl groups is 1. The average molecular weight is 297 g/mol. The van der Waals surface area contributed by atoms with Gasteiger partial charge < -0.3 is 15.9 Å². The van der Waals surface area contributed by atoms with Crippen LogP contribution in [0.25, 0.3) is 0 Å². The second-order valence-electron chi connectivity index (χ2n) is 2.86. The first-order chi connectivity index (χ1) is 6.54. The molecule has 0 aliphatic heterocycles.